The number of likely N-dealkylation sites (N-methyl/N-ethyl adjacent to an activating group) is 1. The maximum Gasteiger partial charge on any atom is 0.268 e. The van der Waals surface area contributed by atoms with Gasteiger partial charge in [-0.05, 0) is 38.5 Å². The van der Waals surface area contributed by atoms with Crippen LogP contribution < -0.4 is 10.2 Å². The molecule has 0 saturated carbocycles. The van der Waals surface area contributed by atoms with E-state index >= 15 is 0 Å². The highest BCUT2D eigenvalue weighted by atomic mass is 31.2. The fourth-order valence-corrected chi connectivity index (χ4v) is 9.47. The predicted molar refractivity (Wildman–Crippen MR) is 279 cm³/mol. The first-order chi connectivity index (χ1) is 31.5. The van der Waals surface area contributed by atoms with Crippen molar-refractivity contribution in [3.05, 3.63) is 12.2 Å². The predicted octanol–water partition coefficient (Wildman–Crippen LogP) is 16.4. The maximum atomic E-state index is 12.9. The Labute approximate surface area is 405 Å². The number of amides is 1. The van der Waals surface area contributed by atoms with Crippen molar-refractivity contribution in [3.63, 3.8) is 0 Å². The van der Waals surface area contributed by atoms with Crippen LogP contribution in [-0.2, 0) is 18.4 Å². The van der Waals surface area contributed by atoms with Gasteiger partial charge in [-0.2, -0.15) is 0 Å². The third kappa shape index (κ3) is 50.9. The third-order valence-electron chi connectivity index (χ3n) is 13.3. The minimum Gasteiger partial charge on any atom is -0.756 e. The monoisotopic (exact) mass is 941 g/mol. The standard InChI is InChI=1S/C56H113N2O6P/c1-6-8-10-12-14-16-18-20-21-22-23-24-25-26-27-28-29-30-31-32-33-34-35-36-37-38-40-42-44-46-48-50-56(60)57-54(53-64-65(61,62)63-52-51-58(3,4)5)55(59)49-47-45-43-41-39-19-17-15-13-11-9-7-2/h22-23,54-55,59H,6-21,24-53H2,1-5H3,(H-,57,60,61,62)/b23-22-. The van der Waals surface area contributed by atoms with Crippen LogP contribution in [0.3, 0.4) is 0 Å². The van der Waals surface area contributed by atoms with Gasteiger partial charge in [-0.3, -0.25) is 9.36 Å². The number of nitrogens with one attached hydrogen (secondary N) is 1. The SMILES string of the molecule is CCCCCCCCCC/C=C\CCCCCCCCCCCCCCCCCCCCCC(=O)NC(COP(=O)([O-])OCC[N+](C)(C)C)C(O)CCCCCCCCCCCCCC. The number of phosphoric acid groups is 1. The van der Waals surface area contributed by atoms with Crippen molar-refractivity contribution < 1.29 is 32.9 Å². The number of carbonyl (C=O) groups is 1. The fraction of sp³-hybridized carbons (Fsp3) is 0.946. The van der Waals surface area contributed by atoms with Crippen molar-refractivity contribution in [2.45, 2.75) is 302 Å². The van der Waals surface area contributed by atoms with Gasteiger partial charge in [-0.1, -0.05) is 257 Å². The topological polar surface area (TPSA) is 108 Å². The Hall–Kier alpha value is -0.760. The number of nitrogens with zero attached hydrogens (tertiary/aromatic N) is 1. The van der Waals surface area contributed by atoms with E-state index in [0.717, 1.165) is 38.5 Å². The zero-order chi connectivity index (χ0) is 47.8. The molecule has 0 fully saturated rings. The summed E-state index contributed by atoms with van der Waals surface area (Å²) in [5.41, 5.74) is 0. The molecular weight excluding hydrogens is 828 g/mol. The Morgan fingerprint density at radius 2 is 0.846 bits per heavy atom. The molecule has 0 aromatic carbocycles. The molecule has 0 heterocycles. The third-order valence-corrected chi connectivity index (χ3v) is 14.2. The first-order valence-electron chi connectivity index (χ1n) is 28.5. The highest BCUT2D eigenvalue weighted by Gasteiger charge is 2.24. The van der Waals surface area contributed by atoms with Gasteiger partial charge >= 0.3 is 0 Å². The van der Waals surface area contributed by atoms with Gasteiger partial charge in [0.15, 0.2) is 0 Å². The Balaban J connectivity index is 3.96. The molecule has 0 rings (SSSR count). The van der Waals surface area contributed by atoms with Crippen molar-refractivity contribution in [2.24, 2.45) is 0 Å². The summed E-state index contributed by atoms with van der Waals surface area (Å²) >= 11 is 0. The van der Waals surface area contributed by atoms with E-state index in [1.807, 2.05) is 21.1 Å². The van der Waals surface area contributed by atoms with Crippen LogP contribution in [0.25, 0.3) is 0 Å². The fourth-order valence-electron chi connectivity index (χ4n) is 8.74. The molecule has 388 valence electrons. The number of hydrogen-bond donors (Lipinski definition) is 2. The minimum atomic E-state index is -4.56. The smallest absolute Gasteiger partial charge is 0.268 e. The Bertz CT molecular complexity index is 1070. The molecule has 0 spiro atoms. The van der Waals surface area contributed by atoms with Gasteiger partial charge in [0.2, 0.25) is 5.91 Å². The van der Waals surface area contributed by atoms with E-state index < -0.39 is 20.0 Å². The molecule has 0 aromatic rings. The quantitative estimate of drug-likeness (QED) is 0.0272. The summed E-state index contributed by atoms with van der Waals surface area (Å²) in [7, 11) is 1.32. The van der Waals surface area contributed by atoms with Crippen molar-refractivity contribution in [3.8, 4) is 0 Å². The second kappa shape index (κ2) is 48.3. The molecule has 1 amide bonds. The number of rotatable bonds is 53. The van der Waals surface area contributed by atoms with Gasteiger partial charge in [0.05, 0.1) is 39.9 Å². The summed E-state index contributed by atoms with van der Waals surface area (Å²) in [6.07, 6.45) is 58.3. The summed E-state index contributed by atoms with van der Waals surface area (Å²) in [6.45, 7) is 4.75. The lowest BCUT2D eigenvalue weighted by atomic mass is 10.0. The number of unbranched alkanes of at least 4 members (excludes halogenated alkanes) is 38. The summed E-state index contributed by atoms with van der Waals surface area (Å²) in [6, 6.07) is -0.795. The average Bonchev–Trinajstić information content (AvgIpc) is 3.26. The summed E-state index contributed by atoms with van der Waals surface area (Å²) in [5, 5.41) is 14.0. The second-order valence-electron chi connectivity index (χ2n) is 21.0. The maximum absolute atomic E-state index is 12.9. The molecular formula is C56H113N2O6P. The lowest BCUT2D eigenvalue weighted by Gasteiger charge is -2.30. The molecule has 3 unspecified atom stereocenters. The molecule has 0 aliphatic heterocycles. The molecule has 0 aliphatic carbocycles. The normalized spacial score (nSPS) is 14.0. The molecule has 0 radical (unpaired) electrons. The van der Waals surface area contributed by atoms with E-state index in [0.29, 0.717) is 23.9 Å². The molecule has 65 heavy (non-hydrogen) atoms. The number of phosphoric ester groups is 1. The van der Waals surface area contributed by atoms with E-state index in [4.69, 9.17) is 9.05 Å². The van der Waals surface area contributed by atoms with Crippen LogP contribution in [0.15, 0.2) is 12.2 Å². The van der Waals surface area contributed by atoms with Crippen LogP contribution >= 0.6 is 7.82 Å². The van der Waals surface area contributed by atoms with E-state index in [-0.39, 0.29) is 19.1 Å². The highest BCUT2D eigenvalue weighted by molar-refractivity contribution is 7.45. The second-order valence-corrected chi connectivity index (χ2v) is 22.4. The average molecular weight is 942 g/mol. The summed E-state index contributed by atoms with van der Waals surface area (Å²) < 4.78 is 23.3. The first-order valence-corrected chi connectivity index (χ1v) is 30.0. The Kier molecular flexibility index (Phi) is 47.7. The van der Waals surface area contributed by atoms with Gasteiger partial charge in [0.25, 0.3) is 7.82 Å². The van der Waals surface area contributed by atoms with Gasteiger partial charge < -0.3 is 28.8 Å². The van der Waals surface area contributed by atoms with Gasteiger partial charge in [0, 0.05) is 6.42 Å². The summed E-state index contributed by atoms with van der Waals surface area (Å²) in [5.74, 6) is -0.160. The lowest BCUT2D eigenvalue weighted by molar-refractivity contribution is -0.870. The largest absolute Gasteiger partial charge is 0.756 e. The number of aliphatic hydroxyl groups is 1. The Morgan fingerprint density at radius 1 is 0.523 bits per heavy atom. The van der Waals surface area contributed by atoms with Crippen LogP contribution in [0.1, 0.15) is 290 Å². The molecule has 0 bridgehead atoms. The van der Waals surface area contributed by atoms with Crippen LogP contribution in [0.4, 0.5) is 0 Å². The van der Waals surface area contributed by atoms with Crippen LogP contribution in [0.5, 0.6) is 0 Å². The Morgan fingerprint density at radius 3 is 1.20 bits per heavy atom. The van der Waals surface area contributed by atoms with Gasteiger partial charge in [-0.15, -0.1) is 0 Å². The van der Waals surface area contributed by atoms with Crippen LogP contribution in [0, 0.1) is 0 Å². The number of hydrogen-bond acceptors (Lipinski definition) is 6. The first kappa shape index (κ1) is 64.2. The number of quaternary nitrogens is 1. The van der Waals surface area contributed by atoms with Gasteiger partial charge in [0.1, 0.15) is 13.2 Å². The molecule has 9 heteroatoms. The van der Waals surface area contributed by atoms with Crippen molar-refractivity contribution in [2.75, 3.05) is 40.9 Å². The van der Waals surface area contributed by atoms with E-state index in [2.05, 4.69) is 31.3 Å². The zero-order valence-corrected chi connectivity index (χ0v) is 45.1. The minimum absolute atomic E-state index is 0.0152. The molecule has 2 N–H and O–H groups in total. The van der Waals surface area contributed by atoms with E-state index in [1.54, 1.807) is 0 Å². The van der Waals surface area contributed by atoms with E-state index in [9.17, 15) is 19.4 Å². The van der Waals surface area contributed by atoms with Crippen molar-refractivity contribution >= 4 is 13.7 Å². The number of carbonyl (C=O) groups excluding carboxylic acids is 1. The summed E-state index contributed by atoms with van der Waals surface area (Å²) in [4.78, 5) is 25.4. The number of allylic oxidation sites excluding steroid dienone is 2. The van der Waals surface area contributed by atoms with E-state index in [1.165, 1.54) is 225 Å². The van der Waals surface area contributed by atoms with Crippen molar-refractivity contribution in [1.29, 1.82) is 0 Å². The molecule has 3 atom stereocenters. The molecule has 0 aliphatic rings. The molecule has 0 saturated heterocycles. The number of aliphatic hydroxyl groups excluding tert-OH is 1. The van der Waals surface area contributed by atoms with Gasteiger partial charge in [-0.25, -0.2) is 0 Å². The molecule has 8 nitrogen and oxygen atoms in total. The van der Waals surface area contributed by atoms with Crippen LogP contribution in [-0.4, -0.2) is 68.5 Å². The molecule has 0 aromatic heterocycles. The van der Waals surface area contributed by atoms with Crippen LogP contribution in [0.2, 0.25) is 0 Å². The zero-order valence-electron chi connectivity index (χ0n) is 44.2. The lowest BCUT2D eigenvalue weighted by Crippen LogP contribution is -2.46. The highest BCUT2D eigenvalue weighted by Crippen LogP contribution is 2.38. The van der Waals surface area contributed by atoms with Crippen molar-refractivity contribution in [1.82, 2.24) is 5.32 Å².